The fourth-order valence-electron chi connectivity index (χ4n) is 7.64. The first-order valence-electron chi connectivity index (χ1n) is 17.1. The summed E-state index contributed by atoms with van der Waals surface area (Å²) in [5.41, 5.74) is 0.721. The SMILES string of the molecule is O=C(C[C@H](Cc1cc(Cl)c(O)c(C(F)(F)F)c1)C(=O)N1CCN(C2CCOCC2)CC1)N1CCC(N2CCc3ccccc3NC2=O)CC1. The zero-order valence-electron chi connectivity index (χ0n) is 27.4. The molecule has 0 bridgehead atoms. The number of likely N-dealkylation sites (tertiary alicyclic amines) is 1. The molecular formula is C35H43ClF3N5O5. The van der Waals surface area contributed by atoms with Crippen LogP contribution in [0.1, 0.15) is 48.8 Å². The van der Waals surface area contributed by atoms with Crippen molar-refractivity contribution in [3.05, 3.63) is 58.1 Å². The Hall–Kier alpha value is -3.55. The number of amides is 4. The first-order valence-corrected chi connectivity index (χ1v) is 17.5. The number of benzene rings is 2. The van der Waals surface area contributed by atoms with Gasteiger partial charge in [0, 0.05) is 83.2 Å². The molecule has 1 atom stereocenters. The van der Waals surface area contributed by atoms with Gasteiger partial charge in [-0.15, -0.1) is 0 Å². The Morgan fingerprint density at radius 2 is 1.63 bits per heavy atom. The molecule has 2 aromatic carbocycles. The Balaban J connectivity index is 1.12. The third kappa shape index (κ3) is 8.26. The number of nitrogens with zero attached hydrogens (tertiary/aromatic N) is 4. The lowest BCUT2D eigenvalue weighted by atomic mass is 9.92. The number of aromatic hydroxyl groups is 1. The molecule has 4 heterocycles. The van der Waals surface area contributed by atoms with Gasteiger partial charge in [0.25, 0.3) is 0 Å². The number of anilines is 1. The maximum atomic E-state index is 14.0. The molecule has 14 heteroatoms. The van der Waals surface area contributed by atoms with Crippen molar-refractivity contribution in [2.45, 2.75) is 63.2 Å². The van der Waals surface area contributed by atoms with Gasteiger partial charge in [-0.25, -0.2) is 4.79 Å². The molecule has 3 saturated heterocycles. The molecule has 2 N–H and O–H groups in total. The number of carbonyl (C=O) groups is 3. The number of hydrogen-bond acceptors (Lipinski definition) is 6. The van der Waals surface area contributed by atoms with Crippen LogP contribution < -0.4 is 5.32 Å². The number of phenolic OH excluding ortho intramolecular Hbond substituents is 1. The molecule has 0 spiro atoms. The van der Waals surface area contributed by atoms with Crippen LogP contribution in [-0.4, -0.2) is 114 Å². The molecule has 4 aliphatic rings. The Morgan fingerprint density at radius 3 is 2.33 bits per heavy atom. The molecule has 4 aliphatic heterocycles. The Bertz CT molecular complexity index is 1520. The lowest BCUT2D eigenvalue weighted by molar-refractivity contribution is -0.143. The monoisotopic (exact) mass is 705 g/mol. The third-order valence-electron chi connectivity index (χ3n) is 10.4. The van der Waals surface area contributed by atoms with Gasteiger partial charge >= 0.3 is 12.2 Å². The van der Waals surface area contributed by atoms with Gasteiger partial charge in [-0.05, 0) is 67.9 Å². The molecule has 0 radical (unpaired) electrons. The molecule has 0 unspecified atom stereocenters. The van der Waals surface area contributed by atoms with E-state index >= 15 is 0 Å². The normalized spacial score (nSPS) is 20.8. The van der Waals surface area contributed by atoms with Gasteiger partial charge in [0.15, 0.2) is 0 Å². The second-order valence-electron chi connectivity index (χ2n) is 13.4. The number of alkyl halides is 3. The lowest BCUT2D eigenvalue weighted by Gasteiger charge is -2.41. The molecule has 0 aromatic heterocycles. The van der Waals surface area contributed by atoms with Gasteiger partial charge in [0.2, 0.25) is 11.8 Å². The number of fused-ring (bicyclic) bond motifs is 1. The molecule has 49 heavy (non-hydrogen) atoms. The van der Waals surface area contributed by atoms with Crippen LogP contribution in [-0.2, 0) is 33.3 Å². The Labute approximate surface area is 289 Å². The van der Waals surface area contributed by atoms with Crippen LogP contribution in [0, 0.1) is 5.92 Å². The molecule has 6 rings (SSSR count). The van der Waals surface area contributed by atoms with E-state index in [1.807, 2.05) is 29.2 Å². The second-order valence-corrected chi connectivity index (χ2v) is 13.8. The summed E-state index contributed by atoms with van der Waals surface area (Å²) in [7, 11) is 0. The fourth-order valence-corrected chi connectivity index (χ4v) is 7.88. The van der Waals surface area contributed by atoms with Crippen molar-refractivity contribution in [2.75, 3.05) is 64.3 Å². The lowest BCUT2D eigenvalue weighted by Crippen LogP contribution is -2.54. The van der Waals surface area contributed by atoms with Crippen molar-refractivity contribution in [3.63, 3.8) is 0 Å². The van der Waals surface area contributed by atoms with Gasteiger partial charge in [0.1, 0.15) is 5.75 Å². The van der Waals surface area contributed by atoms with E-state index in [9.17, 15) is 32.7 Å². The average molecular weight is 706 g/mol. The van der Waals surface area contributed by atoms with E-state index in [0.717, 1.165) is 36.6 Å². The number of halogens is 4. The van der Waals surface area contributed by atoms with E-state index < -0.39 is 28.4 Å². The highest BCUT2D eigenvalue weighted by Gasteiger charge is 2.38. The van der Waals surface area contributed by atoms with Crippen LogP contribution >= 0.6 is 11.6 Å². The predicted molar refractivity (Wildman–Crippen MR) is 177 cm³/mol. The number of nitrogens with one attached hydrogen (secondary N) is 1. The minimum atomic E-state index is -4.85. The number of ether oxygens (including phenoxy) is 1. The van der Waals surface area contributed by atoms with Crippen molar-refractivity contribution in [2.24, 2.45) is 5.92 Å². The molecule has 3 fully saturated rings. The third-order valence-corrected chi connectivity index (χ3v) is 10.7. The summed E-state index contributed by atoms with van der Waals surface area (Å²) in [6.45, 7) is 5.03. The minimum absolute atomic E-state index is 0.0530. The fraction of sp³-hybridized carbons (Fsp3) is 0.571. The van der Waals surface area contributed by atoms with E-state index in [1.54, 1.807) is 9.80 Å². The number of urea groups is 1. The van der Waals surface area contributed by atoms with E-state index in [4.69, 9.17) is 16.3 Å². The number of hydrogen-bond donors (Lipinski definition) is 2. The number of para-hydroxylation sites is 1. The second kappa shape index (κ2) is 15.1. The highest BCUT2D eigenvalue weighted by molar-refractivity contribution is 6.32. The molecule has 4 amide bonds. The van der Waals surface area contributed by atoms with Gasteiger partial charge in [-0.1, -0.05) is 29.8 Å². The Kier molecular flexibility index (Phi) is 10.9. The number of piperidine rings is 1. The number of piperazine rings is 1. The summed E-state index contributed by atoms with van der Waals surface area (Å²) in [4.78, 5) is 48.4. The van der Waals surface area contributed by atoms with Gasteiger partial charge in [-0.2, -0.15) is 13.2 Å². The smallest absolute Gasteiger partial charge is 0.420 e. The van der Waals surface area contributed by atoms with Crippen LogP contribution in [0.3, 0.4) is 0 Å². The number of phenols is 1. The van der Waals surface area contributed by atoms with Crippen molar-refractivity contribution in [1.29, 1.82) is 0 Å². The van der Waals surface area contributed by atoms with E-state index in [0.29, 0.717) is 77.9 Å². The highest BCUT2D eigenvalue weighted by atomic mass is 35.5. The topological polar surface area (TPSA) is 106 Å². The van der Waals surface area contributed by atoms with Gasteiger partial charge in [-0.3, -0.25) is 14.5 Å². The standard InChI is InChI=1S/C35H43ClF3N5O5/c36-29-21-23(20-28(32(29)46)35(37,38)39)19-25(33(47)43-15-13-41(14-16-43)26-8-17-49-18-9-26)22-31(45)42-10-6-27(7-11-42)44-12-5-24-3-1-2-4-30(24)40-34(44)48/h1-4,20-21,25-27,46H,5-19,22H2,(H,40,48)/t25-/m0/s1. The molecule has 0 saturated carbocycles. The van der Waals surface area contributed by atoms with Gasteiger partial charge in [0.05, 0.1) is 16.5 Å². The van der Waals surface area contributed by atoms with Crippen LogP contribution in [0.15, 0.2) is 36.4 Å². The quantitative estimate of drug-likeness (QED) is 0.420. The highest BCUT2D eigenvalue weighted by Crippen LogP contribution is 2.41. The average Bonchev–Trinajstić information content (AvgIpc) is 3.27. The van der Waals surface area contributed by atoms with E-state index in [2.05, 4.69) is 10.2 Å². The first kappa shape index (κ1) is 35.3. The summed E-state index contributed by atoms with van der Waals surface area (Å²) in [5, 5.41) is 12.6. The van der Waals surface area contributed by atoms with Crippen LogP contribution in [0.2, 0.25) is 5.02 Å². The molecular weight excluding hydrogens is 663 g/mol. The van der Waals surface area contributed by atoms with Crippen molar-refractivity contribution in [1.82, 2.24) is 19.6 Å². The number of carbonyl (C=O) groups excluding carboxylic acids is 3. The van der Waals surface area contributed by atoms with E-state index in [-0.39, 0.29) is 42.3 Å². The van der Waals surface area contributed by atoms with Crippen molar-refractivity contribution < 1.29 is 37.4 Å². The first-order chi connectivity index (χ1) is 23.5. The van der Waals surface area contributed by atoms with Gasteiger partial charge < -0.3 is 29.9 Å². The molecule has 0 aliphatic carbocycles. The van der Waals surface area contributed by atoms with E-state index in [1.165, 1.54) is 6.07 Å². The Morgan fingerprint density at radius 1 is 0.939 bits per heavy atom. The predicted octanol–water partition coefficient (Wildman–Crippen LogP) is 5.02. The minimum Gasteiger partial charge on any atom is -0.506 e. The summed E-state index contributed by atoms with van der Waals surface area (Å²) in [6.07, 6.45) is -1.44. The summed E-state index contributed by atoms with van der Waals surface area (Å²) >= 11 is 6.01. The van der Waals surface area contributed by atoms with Crippen LogP contribution in [0.5, 0.6) is 5.75 Å². The molecule has 2 aromatic rings. The largest absolute Gasteiger partial charge is 0.506 e. The van der Waals surface area contributed by atoms with Crippen LogP contribution in [0.25, 0.3) is 0 Å². The zero-order chi connectivity index (χ0) is 34.7. The number of rotatable bonds is 7. The molecule has 266 valence electrons. The summed E-state index contributed by atoms with van der Waals surface area (Å²) in [5.74, 6) is -2.53. The summed E-state index contributed by atoms with van der Waals surface area (Å²) in [6, 6.07) is 9.93. The zero-order valence-corrected chi connectivity index (χ0v) is 28.1. The molecule has 10 nitrogen and oxygen atoms in total. The maximum absolute atomic E-state index is 14.0. The van der Waals surface area contributed by atoms with Crippen molar-refractivity contribution in [3.8, 4) is 5.75 Å². The maximum Gasteiger partial charge on any atom is 0.420 e. The van der Waals surface area contributed by atoms with Crippen molar-refractivity contribution >= 4 is 35.1 Å². The summed E-state index contributed by atoms with van der Waals surface area (Å²) < 4.78 is 46.7. The van der Waals surface area contributed by atoms with Crippen LogP contribution in [0.4, 0.5) is 23.7 Å².